The van der Waals surface area contributed by atoms with Crippen LogP contribution in [-0.2, 0) is 7.05 Å². The van der Waals surface area contributed by atoms with Crippen molar-refractivity contribution in [2.24, 2.45) is 23.5 Å². The van der Waals surface area contributed by atoms with Crippen molar-refractivity contribution in [1.82, 2.24) is 15.2 Å². The number of aromatic nitrogens is 2. The van der Waals surface area contributed by atoms with Crippen LogP contribution in [0.25, 0.3) is 10.8 Å². The third-order valence-electron chi connectivity index (χ3n) is 6.07. The number of rotatable bonds is 4. The van der Waals surface area contributed by atoms with Crippen LogP contribution in [0.2, 0.25) is 0 Å². The molecule has 27 heavy (non-hydrogen) atoms. The number of hydrazone groups is 1. The molecule has 0 bridgehead atoms. The van der Waals surface area contributed by atoms with Crippen LogP contribution in [0.4, 0.5) is 0 Å². The Bertz CT molecular complexity index is 933. The number of hydrogen-bond acceptors (Lipinski definition) is 4. The van der Waals surface area contributed by atoms with E-state index in [4.69, 9.17) is 0 Å². The zero-order valence-corrected chi connectivity index (χ0v) is 16.6. The Morgan fingerprint density at radius 2 is 1.89 bits per heavy atom. The Morgan fingerprint density at radius 3 is 2.52 bits per heavy atom. The number of aryl methyl sites for hydroxylation is 1. The van der Waals surface area contributed by atoms with Crippen LogP contribution in [0, 0.1) is 11.3 Å². The van der Waals surface area contributed by atoms with Crippen molar-refractivity contribution in [1.29, 1.82) is 0 Å². The fraction of sp³-hybridized carbons (Fsp3) is 0.524. The maximum absolute atomic E-state index is 12.6. The van der Waals surface area contributed by atoms with Crippen molar-refractivity contribution in [3.05, 3.63) is 40.3 Å². The molecule has 0 atom stereocenters. The highest BCUT2D eigenvalue weighted by Crippen LogP contribution is 2.39. The summed E-state index contributed by atoms with van der Waals surface area (Å²) in [5.74, 6) is 0.316. The summed E-state index contributed by atoms with van der Waals surface area (Å²) in [5, 5.41) is 9.52. The van der Waals surface area contributed by atoms with E-state index in [0.29, 0.717) is 22.1 Å². The molecule has 2 aromatic rings. The second kappa shape index (κ2) is 7.62. The van der Waals surface area contributed by atoms with Gasteiger partial charge in [-0.3, -0.25) is 9.59 Å². The summed E-state index contributed by atoms with van der Waals surface area (Å²) >= 11 is 0. The topological polar surface area (TPSA) is 76.3 Å². The Kier molecular flexibility index (Phi) is 5.44. The number of carbonyl (C=O) groups excluding carboxylic acids is 1. The molecule has 0 spiro atoms. The molecule has 1 aliphatic rings. The van der Waals surface area contributed by atoms with Gasteiger partial charge < -0.3 is 0 Å². The van der Waals surface area contributed by atoms with Crippen LogP contribution in [0.3, 0.4) is 0 Å². The van der Waals surface area contributed by atoms with E-state index in [0.717, 1.165) is 31.4 Å². The van der Waals surface area contributed by atoms with E-state index in [9.17, 15) is 9.59 Å². The second-order valence-electron chi connectivity index (χ2n) is 8.06. The number of benzene rings is 1. The highest BCUT2D eigenvalue weighted by molar-refractivity contribution is 6.05. The minimum Gasteiger partial charge on any atom is -0.267 e. The van der Waals surface area contributed by atoms with E-state index in [1.165, 1.54) is 11.1 Å². The van der Waals surface area contributed by atoms with Gasteiger partial charge in [0.05, 0.1) is 5.39 Å². The van der Waals surface area contributed by atoms with Crippen LogP contribution < -0.4 is 11.0 Å². The molecule has 3 rings (SSSR count). The van der Waals surface area contributed by atoms with E-state index in [-0.39, 0.29) is 17.2 Å². The maximum Gasteiger partial charge on any atom is 0.292 e. The fourth-order valence-electron chi connectivity index (χ4n) is 3.78. The first-order valence-corrected chi connectivity index (χ1v) is 9.65. The fourth-order valence-corrected chi connectivity index (χ4v) is 3.78. The average Bonchev–Trinajstić information content (AvgIpc) is 2.69. The molecule has 1 N–H and O–H groups in total. The predicted octanol–water partition coefficient (Wildman–Crippen LogP) is 3.65. The summed E-state index contributed by atoms with van der Waals surface area (Å²) in [6, 6.07) is 7.02. The SMILES string of the molecule is CCC(C)(C)C1CCC(=NNC(=O)c2nn(C)c(=O)c3ccccc23)CC1. The molecule has 0 radical (unpaired) electrons. The summed E-state index contributed by atoms with van der Waals surface area (Å²) in [5.41, 5.74) is 4.03. The molecular formula is C21H28N4O2. The van der Waals surface area contributed by atoms with Gasteiger partial charge in [-0.25, -0.2) is 10.1 Å². The van der Waals surface area contributed by atoms with E-state index < -0.39 is 0 Å². The van der Waals surface area contributed by atoms with Crippen molar-refractivity contribution in [2.75, 3.05) is 0 Å². The molecule has 0 unspecified atom stereocenters. The van der Waals surface area contributed by atoms with Gasteiger partial charge in [-0.05, 0) is 43.1 Å². The molecule has 0 aliphatic heterocycles. The summed E-state index contributed by atoms with van der Waals surface area (Å²) in [6.07, 6.45) is 5.21. The predicted molar refractivity (Wildman–Crippen MR) is 108 cm³/mol. The molecule has 1 heterocycles. The highest BCUT2D eigenvalue weighted by atomic mass is 16.2. The van der Waals surface area contributed by atoms with Crippen molar-refractivity contribution in [3.8, 4) is 0 Å². The quantitative estimate of drug-likeness (QED) is 0.837. The molecule has 1 aliphatic carbocycles. The molecule has 6 nitrogen and oxygen atoms in total. The molecule has 1 fully saturated rings. The molecule has 1 amide bonds. The van der Waals surface area contributed by atoms with Crippen molar-refractivity contribution < 1.29 is 4.79 Å². The standard InChI is InChI=1S/C21H28N4O2/c1-5-21(2,3)14-10-12-15(13-11-14)22-23-19(26)18-16-8-6-7-9-17(16)20(27)25(4)24-18/h6-9,14H,5,10-13H2,1-4H3,(H,23,26). The molecule has 6 heteroatoms. The van der Waals surface area contributed by atoms with E-state index >= 15 is 0 Å². The van der Waals surface area contributed by atoms with Gasteiger partial charge in [0.1, 0.15) is 0 Å². The molecule has 1 saturated carbocycles. The Hall–Kier alpha value is -2.50. The van der Waals surface area contributed by atoms with Crippen LogP contribution >= 0.6 is 0 Å². The van der Waals surface area contributed by atoms with Gasteiger partial charge in [-0.2, -0.15) is 10.2 Å². The third kappa shape index (κ3) is 3.94. The first-order chi connectivity index (χ1) is 12.8. The van der Waals surface area contributed by atoms with Crippen LogP contribution in [-0.4, -0.2) is 21.4 Å². The second-order valence-corrected chi connectivity index (χ2v) is 8.06. The van der Waals surface area contributed by atoms with E-state index in [2.05, 4.69) is 36.4 Å². The largest absolute Gasteiger partial charge is 0.292 e. The van der Waals surface area contributed by atoms with Gasteiger partial charge in [-0.1, -0.05) is 45.4 Å². The lowest BCUT2D eigenvalue weighted by molar-refractivity contribution is 0.0949. The molecular weight excluding hydrogens is 340 g/mol. The smallest absolute Gasteiger partial charge is 0.267 e. The minimum atomic E-state index is -0.384. The van der Waals surface area contributed by atoms with Crippen molar-refractivity contribution in [3.63, 3.8) is 0 Å². The number of nitrogens with zero attached hydrogens (tertiary/aromatic N) is 3. The molecule has 0 saturated heterocycles. The van der Waals surface area contributed by atoms with E-state index in [1.807, 2.05) is 0 Å². The summed E-state index contributed by atoms with van der Waals surface area (Å²) in [7, 11) is 1.55. The van der Waals surface area contributed by atoms with Gasteiger partial charge in [0.25, 0.3) is 11.5 Å². The number of hydrogen-bond donors (Lipinski definition) is 1. The van der Waals surface area contributed by atoms with Gasteiger partial charge in [0, 0.05) is 18.1 Å². The maximum atomic E-state index is 12.6. The summed E-state index contributed by atoms with van der Waals surface area (Å²) in [6.45, 7) is 6.91. The monoisotopic (exact) mass is 368 g/mol. The summed E-state index contributed by atoms with van der Waals surface area (Å²) < 4.78 is 1.20. The molecule has 144 valence electrons. The van der Waals surface area contributed by atoms with Crippen LogP contribution in [0.1, 0.15) is 63.4 Å². The Balaban J connectivity index is 1.74. The number of carbonyl (C=O) groups is 1. The number of fused-ring (bicyclic) bond motifs is 1. The lowest BCUT2D eigenvalue weighted by Gasteiger charge is -2.36. The first-order valence-electron chi connectivity index (χ1n) is 9.65. The van der Waals surface area contributed by atoms with Gasteiger partial charge in [-0.15, -0.1) is 0 Å². The Labute approximate surface area is 159 Å². The lowest BCUT2D eigenvalue weighted by atomic mass is 9.69. The number of nitrogens with one attached hydrogen (secondary N) is 1. The van der Waals surface area contributed by atoms with Crippen molar-refractivity contribution in [2.45, 2.75) is 52.9 Å². The van der Waals surface area contributed by atoms with Gasteiger partial charge in [0.15, 0.2) is 5.69 Å². The zero-order valence-electron chi connectivity index (χ0n) is 16.6. The van der Waals surface area contributed by atoms with Crippen molar-refractivity contribution >= 4 is 22.4 Å². The van der Waals surface area contributed by atoms with Gasteiger partial charge >= 0.3 is 0 Å². The summed E-state index contributed by atoms with van der Waals surface area (Å²) in [4.78, 5) is 24.8. The number of amides is 1. The zero-order chi connectivity index (χ0) is 19.6. The highest BCUT2D eigenvalue weighted by Gasteiger charge is 2.30. The third-order valence-corrected chi connectivity index (χ3v) is 6.07. The lowest BCUT2D eigenvalue weighted by Crippen LogP contribution is -2.30. The first kappa shape index (κ1) is 19.3. The normalized spacial score (nSPS) is 17.8. The molecule has 1 aromatic carbocycles. The van der Waals surface area contributed by atoms with Gasteiger partial charge in [0.2, 0.25) is 0 Å². The Morgan fingerprint density at radius 1 is 1.26 bits per heavy atom. The van der Waals surface area contributed by atoms with E-state index in [1.54, 1.807) is 31.3 Å². The minimum absolute atomic E-state index is 0.217. The van der Waals surface area contributed by atoms with Crippen LogP contribution in [0.15, 0.2) is 34.2 Å². The molecule has 1 aromatic heterocycles. The van der Waals surface area contributed by atoms with Crippen LogP contribution in [0.5, 0.6) is 0 Å². The average molecular weight is 368 g/mol.